The van der Waals surface area contributed by atoms with E-state index in [9.17, 15) is 9.59 Å². The van der Waals surface area contributed by atoms with Crippen LogP contribution < -0.4 is 16.1 Å². The van der Waals surface area contributed by atoms with E-state index in [2.05, 4.69) is 4.98 Å². The Balaban J connectivity index is 1.80. The van der Waals surface area contributed by atoms with Gasteiger partial charge < -0.3 is 9.47 Å². The summed E-state index contributed by atoms with van der Waals surface area (Å²) in [6.45, 7) is 0.697. The van der Waals surface area contributed by atoms with Crippen molar-refractivity contribution in [2.24, 2.45) is 14.1 Å². The molecule has 7 nitrogen and oxygen atoms in total. The molecule has 4 aromatic rings. The van der Waals surface area contributed by atoms with E-state index in [1.54, 1.807) is 36.9 Å². The van der Waals surface area contributed by atoms with Crippen LogP contribution in [0.15, 0.2) is 58.1 Å². The second-order valence-electron chi connectivity index (χ2n) is 7.47. The lowest BCUT2D eigenvalue weighted by Gasteiger charge is -2.18. The van der Waals surface area contributed by atoms with Gasteiger partial charge in [0.15, 0.2) is 11.2 Å². The number of nitrogens with zero attached hydrogens (tertiary/aromatic N) is 5. The predicted molar refractivity (Wildman–Crippen MR) is 124 cm³/mol. The van der Waals surface area contributed by atoms with Crippen molar-refractivity contribution < 1.29 is 0 Å². The summed E-state index contributed by atoms with van der Waals surface area (Å²) in [6.07, 6.45) is 0. The lowest BCUT2D eigenvalue weighted by atomic mass is 10.2. The average Bonchev–Trinajstić information content (AvgIpc) is 3.10. The summed E-state index contributed by atoms with van der Waals surface area (Å²) in [5, 5.41) is 0.786. The van der Waals surface area contributed by atoms with Crippen LogP contribution in [0, 0.1) is 0 Å². The Morgan fingerprint density at radius 3 is 2.32 bits per heavy atom. The minimum atomic E-state index is -0.445. The quantitative estimate of drug-likeness (QED) is 0.460. The zero-order valence-electron chi connectivity index (χ0n) is 17.3. The fraction of sp³-hybridized carbons (Fsp3) is 0.227. The molecule has 2 aromatic carbocycles. The SMILES string of the molecule is CN(Cc1ccccc1)c1nc2c(c(=O)n(Cc3ccc(Cl)c(Cl)c3)c(=O)n2C)n1C. The van der Waals surface area contributed by atoms with Crippen LogP contribution in [-0.4, -0.2) is 25.7 Å². The first kappa shape index (κ1) is 21.2. The number of hydrogen-bond acceptors (Lipinski definition) is 4. The Bertz CT molecular complexity index is 1390. The Morgan fingerprint density at radius 2 is 1.65 bits per heavy atom. The maximum atomic E-state index is 13.3. The molecule has 0 fully saturated rings. The Kier molecular flexibility index (Phi) is 5.64. The highest BCUT2D eigenvalue weighted by Crippen LogP contribution is 2.23. The first-order valence-corrected chi connectivity index (χ1v) is 10.4. The summed E-state index contributed by atoms with van der Waals surface area (Å²) in [4.78, 5) is 32.8. The molecule has 160 valence electrons. The number of fused-ring (bicyclic) bond motifs is 1. The van der Waals surface area contributed by atoms with Gasteiger partial charge in [-0.3, -0.25) is 13.9 Å². The Hall–Kier alpha value is -3.03. The molecule has 0 spiro atoms. The van der Waals surface area contributed by atoms with Gasteiger partial charge in [0.25, 0.3) is 5.56 Å². The monoisotopic (exact) mass is 457 g/mol. The zero-order valence-corrected chi connectivity index (χ0v) is 18.9. The molecule has 31 heavy (non-hydrogen) atoms. The maximum Gasteiger partial charge on any atom is 0.332 e. The van der Waals surface area contributed by atoms with Gasteiger partial charge in [-0.05, 0) is 23.3 Å². The molecule has 0 saturated carbocycles. The number of hydrogen-bond donors (Lipinski definition) is 0. The van der Waals surface area contributed by atoms with Crippen molar-refractivity contribution in [3.05, 3.63) is 90.5 Å². The predicted octanol–water partition coefficient (Wildman–Crippen LogP) is 3.43. The molecule has 2 aromatic heterocycles. The molecule has 0 aliphatic heterocycles. The summed E-state index contributed by atoms with van der Waals surface area (Å²) in [5.74, 6) is 0.596. The van der Waals surface area contributed by atoms with Crippen LogP contribution in [0.4, 0.5) is 5.95 Å². The number of rotatable bonds is 5. The van der Waals surface area contributed by atoms with Gasteiger partial charge in [0.05, 0.1) is 16.6 Å². The molecule has 0 aliphatic rings. The van der Waals surface area contributed by atoms with E-state index in [0.29, 0.717) is 39.3 Å². The topological polar surface area (TPSA) is 65.1 Å². The third-order valence-electron chi connectivity index (χ3n) is 5.27. The molecule has 0 amide bonds. The summed E-state index contributed by atoms with van der Waals surface area (Å²) in [6, 6.07) is 15.0. The van der Waals surface area contributed by atoms with Crippen LogP contribution >= 0.6 is 23.2 Å². The standard InChI is InChI=1S/C22H21Cl2N5O2/c1-26(12-14-7-5-4-6-8-14)21-25-19-18(27(21)2)20(30)29(22(31)28(19)3)13-15-9-10-16(23)17(24)11-15/h4-11H,12-13H2,1-3H3. The van der Waals surface area contributed by atoms with E-state index >= 15 is 0 Å². The van der Waals surface area contributed by atoms with Gasteiger partial charge in [0.2, 0.25) is 5.95 Å². The summed E-state index contributed by atoms with van der Waals surface area (Å²) in [7, 11) is 5.30. The van der Waals surface area contributed by atoms with E-state index in [-0.39, 0.29) is 6.54 Å². The first-order valence-electron chi connectivity index (χ1n) is 9.63. The van der Waals surface area contributed by atoms with Crippen LogP contribution in [0.2, 0.25) is 10.0 Å². The number of imidazole rings is 1. The van der Waals surface area contributed by atoms with E-state index in [4.69, 9.17) is 23.2 Å². The number of aromatic nitrogens is 4. The third kappa shape index (κ3) is 3.86. The molecule has 0 N–H and O–H groups in total. The van der Waals surface area contributed by atoms with Gasteiger partial charge >= 0.3 is 5.69 Å². The highest BCUT2D eigenvalue weighted by atomic mass is 35.5. The van der Waals surface area contributed by atoms with E-state index in [1.165, 1.54) is 9.13 Å². The molecule has 2 heterocycles. The lowest BCUT2D eigenvalue weighted by Crippen LogP contribution is -2.39. The number of benzene rings is 2. The summed E-state index contributed by atoms with van der Waals surface area (Å²) >= 11 is 12.1. The minimum absolute atomic E-state index is 0.0820. The fourth-order valence-corrected chi connectivity index (χ4v) is 3.98. The largest absolute Gasteiger partial charge is 0.341 e. The van der Waals surface area contributed by atoms with Crippen LogP contribution in [-0.2, 0) is 27.2 Å². The molecule has 0 saturated heterocycles. The van der Waals surface area contributed by atoms with Crippen LogP contribution in [0.25, 0.3) is 11.2 Å². The second kappa shape index (κ2) is 8.24. The molecule has 9 heteroatoms. The van der Waals surface area contributed by atoms with E-state index < -0.39 is 11.2 Å². The molecule has 0 bridgehead atoms. The Labute approximate surface area is 188 Å². The molecular formula is C22H21Cl2N5O2. The fourth-order valence-electron chi connectivity index (χ4n) is 3.66. The number of anilines is 1. The van der Waals surface area contributed by atoms with Gasteiger partial charge in [-0.25, -0.2) is 4.79 Å². The van der Waals surface area contributed by atoms with Crippen molar-refractivity contribution in [2.75, 3.05) is 11.9 Å². The molecular weight excluding hydrogens is 437 g/mol. The lowest BCUT2D eigenvalue weighted by molar-refractivity contribution is 0.655. The van der Waals surface area contributed by atoms with Gasteiger partial charge in [-0.15, -0.1) is 0 Å². The molecule has 0 atom stereocenters. The van der Waals surface area contributed by atoms with Gasteiger partial charge in [0.1, 0.15) is 0 Å². The van der Waals surface area contributed by atoms with Crippen LogP contribution in [0.1, 0.15) is 11.1 Å². The normalized spacial score (nSPS) is 11.3. The van der Waals surface area contributed by atoms with E-state index in [0.717, 1.165) is 5.56 Å². The molecule has 4 rings (SSSR count). The van der Waals surface area contributed by atoms with Crippen molar-refractivity contribution in [3.63, 3.8) is 0 Å². The summed E-state index contributed by atoms with van der Waals surface area (Å²) in [5.41, 5.74) is 1.67. The first-order chi connectivity index (χ1) is 14.8. The smallest absolute Gasteiger partial charge is 0.332 e. The maximum absolute atomic E-state index is 13.3. The second-order valence-corrected chi connectivity index (χ2v) is 8.28. The third-order valence-corrected chi connectivity index (χ3v) is 6.00. The van der Waals surface area contributed by atoms with Crippen molar-refractivity contribution in [1.29, 1.82) is 0 Å². The van der Waals surface area contributed by atoms with Crippen molar-refractivity contribution >= 4 is 40.3 Å². The van der Waals surface area contributed by atoms with Gasteiger partial charge in [-0.2, -0.15) is 4.98 Å². The average molecular weight is 458 g/mol. The highest BCUT2D eigenvalue weighted by molar-refractivity contribution is 6.42. The molecule has 0 aliphatic carbocycles. The van der Waals surface area contributed by atoms with Crippen molar-refractivity contribution in [2.45, 2.75) is 13.1 Å². The molecule has 0 unspecified atom stereocenters. The summed E-state index contributed by atoms with van der Waals surface area (Å²) < 4.78 is 4.31. The van der Waals surface area contributed by atoms with Crippen LogP contribution in [0.3, 0.4) is 0 Å². The van der Waals surface area contributed by atoms with Gasteiger partial charge in [-0.1, -0.05) is 59.6 Å². The molecule has 0 radical (unpaired) electrons. The zero-order chi connectivity index (χ0) is 22.3. The Morgan fingerprint density at radius 1 is 0.935 bits per heavy atom. The number of aryl methyl sites for hydroxylation is 2. The van der Waals surface area contributed by atoms with Crippen molar-refractivity contribution in [3.8, 4) is 0 Å². The van der Waals surface area contributed by atoms with Crippen LogP contribution in [0.5, 0.6) is 0 Å². The minimum Gasteiger partial charge on any atom is -0.341 e. The highest BCUT2D eigenvalue weighted by Gasteiger charge is 2.20. The van der Waals surface area contributed by atoms with E-state index in [1.807, 2.05) is 42.3 Å². The van der Waals surface area contributed by atoms with Crippen molar-refractivity contribution in [1.82, 2.24) is 18.7 Å². The number of halogens is 2. The van der Waals surface area contributed by atoms with Gasteiger partial charge in [0, 0.05) is 27.7 Å².